The number of carbonyl (C=O) groups is 1. The van der Waals surface area contributed by atoms with E-state index in [4.69, 9.17) is 9.84 Å². The summed E-state index contributed by atoms with van der Waals surface area (Å²) in [7, 11) is 0. The fourth-order valence-electron chi connectivity index (χ4n) is 3.92. The van der Waals surface area contributed by atoms with Crippen LogP contribution in [0.15, 0.2) is 30.3 Å². The minimum absolute atomic E-state index is 0.162. The van der Waals surface area contributed by atoms with Gasteiger partial charge in [0.1, 0.15) is 48.8 Å². The van der Waals surface area contributed by atoms with Crippen LogP contribution in [0.2, 0.25) is 0 Å². The van der Waals surface area contributed by atoms with Crippen molar-refractivity contribution in [2.75, 3.05) is 39.5 Å². The maximum Gasteiger partial charge on any atom is 0.252 e. The Labute approximate surface area is 213 Å². The number of benzene rings is 1. The Bertz CT molecular complexity index is 799. The largest absolute Gasteiger partial charge is 0.394 e. The van der Waals surface area contributed by atoms with Crippen LogP contribution in [0.3, 0.4) is 0 Å². The second-order valence-electron chi connectivity index (χ2n) is 9.02. The lowest BCUT2D eigenvalue weighted by Crippen LogP contribution is -2.59. The molecule has 1 aliphatic rings. The minimum Gasteiger partial charge on any atom is -0.394 e. The Hall–Kier alpha value is -1.79. The maximum absolute atomic E-state index is 12.8. The van der Waals surface area contributed by atoms with Crippen molar-refractivity contribution in [2.45, 2.75) is 61.0 Å². The maximum atomic E-state index is 12.8. The van der Waals surface area contributed by atoms with Crippen molar-refractivity contribution < 1.29 is 60.6 Å². The summed E-state index contributed by atoms with van der Waals surface area (Å²) >= 11 is 0. The SMILES string of the molecule is O=C(NC(CN1CCOCC1)C(O)c1ccccc1)C(O)C(O)C(O)C(O)C(O)C(O)C(O)C(O)CO. The zero-order valence-electron chi connectivity index (χ0n) is 20.1. The second-order valence-corrected chi connectivity index (χ2v) is 9.02. The Balaban J connectivity index is 2.08. The predicted octanol–water partition coefficient (Wildman–Crippen LogP) is -5.58. The molecule has 1 heterocycles. The first-order chi connectivity index (χ1) is 17.5. The van der Waals surface area contributed by atoms with E-state index in [0.29, 0.717) is 31.9 Å². The molecule has 0 saturated carbocycles. The molecule has 37 heavy (non-hydrogen) atoms. The molecule has 0 radical (unpaired) electrons. The zero-order valence-corrected chi connectivity index (χ0v) is 20.1. The van der Waals surface area contributed by atoms with Gasteiger partial charge in [-0.1, -0.05) is 30.3 Å². The topological polar surface area (TPSA) is 244 Å². The summed E-state index contributed by atoms with van der Waals surface area (Å²) in [5, 5.41) is 102. The van der Waals surface area contributed by atoms with Crippen LogP contribution in [0.5, 0.6) is 0 Å². The third kappa shape index (κ3) is 8.61. The van der Waals surface area contributed by atoms with Crippen LogP contribution in [0.1, 0.15) is 11.7 Å². The predicted molar refractivity (Wildman–Crippen MR) is 126 cm³/mol. The van der Waals surface area contributed by atoms with Gasteiger partial charge < -0.3 is 61.1 Å². The van der Waals surface area contributed by atoms with E-state index in [1.807, 2.05) is 4.90 Å². The van der Waals surface area contributed by atoms with Gasteiger partial charge in [0.2, 0.25) is 0 Å². The first-order valence-electron chi connectivity index (χ1n) is 11.9. The quantitative estimate of drug-likeness (QED) is 0.107. The number of aliphatic hydroxyl groups is 10. The average Bonchev–Trinajstić information content (AvgIpc) is 2.93. The van der Waals surface area contributed by atoms with Crippen LogP contribution >= 0.6 is 0 Å². The molecule has 1 saturated heterocycles. The first kappa shape index (κ1) is 31.4. The van der Waals surface area contributed by atoms with Gasteiger partial charge in [0, 0.05) is 19.6 Å². The summed E-state index contributed by atoms with van der Waals surface area (Å²) in [4.78, 5) is 14.7. The summed E-state index contributed by atoms with van der Waals surface area (Å²) in [6.07, 6.45) is -19.3. The van der Waals surface area contributed by atoms with Gasteiger partial charge in [-0.05, 0) is 5.56 Å². The Kier molecular flexibility index (Phi) is 12.7. The third-order valence-corrected chi connectivity index (χ3v) is 6.33. The minimum atomic E-state index is -2.39. The van der Waals surface area contributed by atoms with Crippen LogP contribution in [0.25, 0.3) is 0 Å². The van der Waals surface area contributed by atoms with Gasteiger partial charge in [-0.3, -0.25) is 9.69 Å². The van der Waals surface area contributed by atoms with Gasteiger partial charge in [-0.2, -0.15) is 0 Å². The van der Waals surface area contributed by atoms with Gasteiger partial charge in [-0.15, -0.1) is 0 Å². The van der Waals surface area contributed by atoms with Crippen LogP contribution in [-0.2, 0) is 9.53 Å². The highest BCUT2D eigenvalue weighted by molar-refractivity contribution is 5.81. The van der Waals surface area contributed by atoms with Crippen molar-refractivity contribution in [3.8, 4) is 0 Å². The molecule has 14 nitrogen and oxygen atoms in total. The fourth-order valence-corrected chi connectivity index (χ4v) is 3.92. The van der Waals surface area contributed by atoms with E-state index in [1.165, 1.54) is 0 Å². The molecule has 1 aromatic rings. The second kappa shape index (κ2) is 15.0. The molecule has 10 unspecified atom stereocenters. The summed E-state index contributed by atoms with van der Waals surface area (Å²) in [5.41, 5.74) is 0.479. The summed E-state index contributed by atoms with van der Waals surface area (Å²) < 4.78 is 5.30. The van der Waals surface area contributed by atoms with E-state index in [-0.39, 0.29) is 6.54 Å². The number of ether oxygens (including phenoxy) is 1. The highest BCUT2D eigenvalue weighted by Gasteiger charge is 2.42. The van der Waals surface area contributed by atoms with Gasteiger partial charge >= 0.3 is 0 Å². The van der Waals surface area contributed by atoms with E-state index in [2.05, 4.69) is 5.32 Å². The molecule has 10 atom stereocenters. The van der Waals surface area contributed by atoms with Crippen molar-refractivity contribution >= 4 is 5.91 Å². The number of carbonyl (C=O) groups excluding carboxylic acids is 1. The van der Waals surface area contributed by atoms with Crippen molar-refractivity contribution in [1.82, 2.24) is 10.2 Å². The molecule has 1 aromatic carbocycles. The number of aliphatic hydroxyl groups excluding tert-OH is 10. The molecule has 0 spiro atoms. The number of hydrogen-bond acceptors (Lipinski definition) is 13. The lowest BCUT2D eigenvalue weighted by Gasteiger charge is -2.35. The van der Waals surface area contributed by atoms with Crippen LogP contribution in [0.4, 0.5) is 0 Å². The number of amides is 1. The van der Waals surface area contributed by atoms with E-state index in [0.717, 1.165) is 0 Å². The van der Waals surface area contributed by atoms with Gasteiger partial charge in [0.15, 0.2) is 6.10 Å². The average molecular weight is 535 g/mol. The Morgan fingerprint density at radius 3 is 1.86 bits per heavy atom. The molecular weight excluding hydrogens is 496 g/mol. The number of nitrogens with one attached hydrogen (secondary N) is 1. The number of rotatable bonds is 14. The molecule has 0 aliphatic carbocycles. The molecule has 0 aromatic heterocycles. The molecule has 212 valence electrons. The normalized spacial score (nSPS) is 23.1. The first-order valence-corrected chi connectivity index (χ1v) is 11.9. The summed E-state index contributed by atoms with van der Waals surface area (Å²) in [6, 6.07) is 7.46. The van der Waals surface area contributed by atoms with Crippen molar-refractivity contribution in [3.63, 3.8) is 0 Å². The lowest BCUT2D eigenvalue weighted by molar-refractivity contribution is -0.181. The Morgan fingerprint density at radius 2 is 1.32 bits per heavy atom. The molecule has 1 aliphatic heterocycles. The summed E-state index contributed by atoms with van der Waals surface area (Å²) in [5.74, 6) is -1.20. The summed E-state index contributed by atoms with van der Waals surface area (Å²) in [6.45, 7) is 1.14. The van der Waals surface area contributed by atoms with Crippen LogP contribution in [0, 0.1) is 0 Å². The molecule has 1 fully saturated rings. The van der Waals surface area contributed by atoms with Crippen LogP contribution < -0.4 is 5.32 Å². The molecule has 0 bridgehead atoms. The smallest absolute Gasteiger partial charge is 0.252 e. The zero-order chi connectivity index (χ0) is 27.7. The van der Waals surface area contributed by atoms with Crippen molar-refractivity contribution in [2.24, 2.45) is 0 Å². The van der Waals surface area contributed by atoms with Crippen molar-refractivity contribution in [3.05, 3.63) is 35.9 Å². The standard InChI is InChI=1S/C23H38N2O12/c26-11-14(27)16(29)17(30)18(31)19(32)20(33)21(34)22(35)23(36)24-13(10-25-6-8-37-9-7-25)15(28)12-4-2-1-3-5-12/h1-5,13-22,26-35H,6-11H2,(H,24,36). The van der Waals surface area contributed by atoms with E-state index in [9.17, 15) is 50.8 Å². The van der Waals surface area contributed by atoms with E-state index in [1.54, 1.807) is 30.3 Å². The Morgan fingerprint density at radius 1 is 0.811 bits per heavy atom. The molecular formula is C23H38N2O12. The third-order valence-electron chi connectivity index (χ3n) is 6.33. The molecule has 1 amide bonds. The van der Waals surface area contributed by atoms with Crippen LogP contribution in [-0.4, -0.2) is 156 Å². The highest BCUT2D eigenvalue weighted by Crippen LogP contribution is 2.19. The van der Waals surface area contributed by atoms with Gasteiger partial charge in [0.05, 0.1) is 25.9 Å². The number of hydrogen-bond donors (Lipinski definition) is 11. The number of nitrogens with zero attached hydrogens (tertiary/aromatic N) is 1. The highest BCUT2D eigenvalue weighted by atomic mass is 16.5. The lowest BCUT2D eigenvalue weighted by atomic mass is 9.92. The fraction of sp³-hybridized carbons (Fsp3) is 0.696. The molecule has 14 heteroatoms. The van der Waals surface area contributed by atoms with E-state index >= 15 is 0 Å². The molecule has 2 rings (SSSR count). The number of morpholine rings is 1. The van der Waals surface area contributed by atoms with E-state index < -0.39 is 73.5 Å². The monoisotopic (exact) mass is 534 g/mol. The van der Waals surface area contributed by atoms with Gasteiger partial charge in [-0.25, -0.2) is 0 Å². The van der Waals surface area contributed by atoms with Crippen molar-refractivity contribution in [1.29, 1.82) is 0 Å². The molecule has 11 N–H and O–H groups in total. The van der Waals surface area contributed by atoms with Gasteiger partial charge in [0.25, 0.3) is 5.91 Å².